The minimum atomic E-state index is -1.14. The highest BCUT2D eigenvalue weighted by molar-refractivity contribution is 6.41. The number of aromatic nitrogens is 3. The molecule has 0 spiro atoms. The number of benzene rings is 3. The van der Waals surface area contributed by atoms with Gasteiger partial charge < -0.3 is 39.2 Å². The third kappa shape index (κ3) is 5.66. The Kier molecular flexibility index (Phi) is 8.18. The molecule has 1 aromatic heterocycles. The maximum atomic E-state index is 14.7. The number of phenolic OH excluding ortho intramolecular Hbond substituents is 1. The summed E-state index contributed by atoms with van der Waals surface area (Å²) in [6.45, 7) is 3.65. The number of Topliss-reactive ketones (excluding diaryl/α,β-unsaturated/α-hetero) is 2. The van der Waals surface area contributed by atoms with Crippen LogP contribution in [0.5, 0.6) is 11.5 Å². The summed E-state index contributed by atoms with van der Waals surface area (Å²) in [6, 6.07) is 16.4. The average molecular weight is 695 g/mol. The summed E-state index contributed by atoms with van der Waals surface area (Å²) in [5, 5.41) is 40.0. The molecule has 1 unspecified atom stereocenters. The van der Waals surface area contributed by atoms with Crippen molar-refractivity contribution in [3.8, 4) is 11.5 Å². The molecule has 262 valence electrons. The first kappa shape index (κ1) is 32.8. The minimum absolute atomic E-state index is 0.00746. The van der Waals surface area contributed by atoms with Gasteiger partial charge in [0.2, 0.25) is 18.3 Å². The Bertz CT molecular complexity index is 2080. The van der Waals surface area contributed by atoms with Crippen molar-refractivity contribution in [3.05, 3.63) is 112 Å². The van der Waals surface area contributed by atoms with Gasteiger partial charge in [0.05, 0.1) is 49.3 Å². The van der Waals surface area contributed by atoms with E-state index >= 15 is 0 Å². The topological polar surface area (TPSA) is 183 Å². The molecule has 3 N–H and O–H groups in total. The molecule has 2 fully saturated rings. The Hall–Kier alpha value is -5.41. The fourth-order valence-corrected chi connectivity index (χ4v) is 7.19. The molecule has 3 aliphatic heterocycles. The van der Waals surface area contributed by atoms with Crippen molar-refractivity contribution in [1.82, 2.24) is 19.9 Å². The van der Waals surface area contributed by atoms with Crippen LogP contribution in [-0.2, 0) is 32.2 Å². The maximum Gasteiger partial charge on any atom is 0.333 e. The normalized spacial score (nSPS) is 25.3. The predicted molar refractivity (Wildman–Crippen MR) is 176 cm³/mol. The lowest BCUT2D eigenvalue weighted by Gasteiger charge is -2.39. The number of hydrogen-bond donors (Lipinski definition) is 3. The van der Waals surface area contributed by atoms with Gasteiger partial charge in [-0.05, 0) is 43.2 Å². The van der Waals surface area contributed by atoms with Gasteiger partial charge in [-0.25, -0.2) is 9.48 Å². The van der Waals surface area contributed by atoms with Crippen molar-refractivity contribution in [2.24, 2.45) is 0 Å². The largest absolute Gasteiger partial charge is 0.507 e. The molecule has 2 saturated heterocycles. The number of ether oxygens (including phenoxy) is 4. The molecular formula is C37H34N4O10. The molecule has 1 aliphatic carbocycles. The van der Waals surface area contributed by atoms with Gasteiger partial charge in [-0.3, -0.25) is 9.59 Å². The second-order valence-corrected chi connectivity index (χ2v) is 13.1. The lowest BCUT2D eigenvalue weighted by molar-refractivity contribution is -0.216. The Morgan fingerprint density at radius 3 is 2.59 bits per heavy atom. The molecule has 0 saturated carbocycles. The van der Waals surface area contributed by atoms with E-state index in [1.54, 1.807) is 36.9 Å². The number of ketones is 2. The molecule has 0 bridgehead atoms. The Labute approximate surface area is 291 Å². The summed E-state index contributed by atoms with van der Waals surface area (Å²) in [7, 11) is 0. The summed E-state index contributed by atoms with van der Waals surface area (Å²) in [4.78, 5) is 44.1. The van der Waals surface area contributed by atoms with Crippen LogP contribution in [0.3, 0.4) is 0 Å². The van der Waals surface area contributed by atoms with Crippen molar-refractivity contribution in [2.45, 2.75) is 70.3 Å². The first-order chi connectivity index (χ1) is 24.6. The number of aliphatic hydroxyl groups excluding tert-OH is 2. The van der Waals surface area contributed by atoms with E-state index in [1.807, 2.05) is 30.3 Å². The average Bonchev–Trinajstić information content (AvgIpc) is 3.69. The predicted octanol–water partition coefficient (Wildman–Crippen LogP) is 2.82. The molecule has 3 aromatic carbocycles. The van der Waals surface area contributed by atoms with Crippen LogP contribution in [0.4, 0.5) is 0 Å². The fraction of sp³-hybridized carbons (Fsp3) is 0.324. The van der Waals surface area contributed by atoms with E-state index in [2.05, 4.69) is 10.3 Å². The van der Waals surface area contributed by atoms with Crippen LogP contribution in [-0.4, -0.2) is 90.0 Å². The van der Waals surface area contributed by atoms with Crippen molar-refractivity contribution >= 4 is 23.1 Å². The third-order valence-corrected chi connectivity index (χ3v) is 9.56. The van der Waals surface area contributed by atoms with Gasteiger partial charge >= 0.3 is 5.97 Å². The molecule has 14 nitrogen and oxygen atoms in total. The highest BCUT2D eigenvalue weighted by Crippen LogP contribution is 2.52. The summed E-state index contributed by atoms with van der Waals surface area (Å²) < 4.78 is 25.3. The van der Waals surface area contributed by atoms with Gasteiger partial charge in [-0.2, -0.15) is 0 Å². The highest BCUT2D eigenvalue weighted by Gasteiger charge is 2.54. The molecule has 4 heterocycles. The Morgan fingerprint density at radius 1 is 1.00 bits per heavy atom. The standard InChI is InChI=1S/C37H34N4O10/c1-18-11-23-29(25(42)12-18)31-32(35(46)30-22(34(31)45)9-6-10-27(30)50-28-13-26(43)33(44)19(2)49-28)41-24(37(47)51-36(23)41)17-48-16-21-15-40(39-38-21)14-20-7-4-3-5-8-20/h3-12,15,19,24,26,28,33,36,42-44H,13-14,16-17H2,1-2H3/t19-,24-,26+,28-,33-,36?/m0/s1. The van der Waals surface area contributed by atoms with E-state index in [9.17, 15) is 29.7 Å². The number of carbonyl (C=O) groups is 3. The quantitative estimate of drug-likeness (QED) is 0.229. The minimum Gasteiger partial charge on any atom is -0.507 e. The molecule has 0 radical (unpaired) electrons. The highest BCUT2D eigenvalue weighted by atomic mass is 16.7. The number of nitrogens with zero attached hydrogens (tertiary/aromatic N) is 4. The number of rotatable bonds is 8. The number of allylic oxidation sites excluding steroid dienone is 2. The van der Waals surface area contributed by atoms with Crippen LogP contribution < -0.4 is 4.74 Å². The number of hydrogen-bond acceptors (Lipinski definition) is 13. The maximum absolute atomic E-state index is 14.7. The van der Waals surface area contributed by atoms with Crippen molar-refractivity contribution in [2.75, 3.05) is 6.61 Å². The summed E-state index contributed by atoms with van der Waals surface area (Å²) in [5.74, 6) is -2.10. The second-order valence-electron chi connectivity index (χ2n) is 13.1. The number of aryl methyl sites for hydroxylation is 1. The van der Waals surface area contributed by atoms with Crippen LogP contribution in [0.15, 0.2) is 72.6 Å². The van der Waals surface area contributed by atoms with E-state index in [0.717, 1.165) is 5.56 Å². The fourth-order valence-electron chi connectivity index (χ4n) is 7.19. The van der Waals surface area contributed by atoms with E-state index in [-0.39, 0.29) is 59.1 Å². The SMILES string of the molecule is Cc1cc(O)c2c(c1)C1OC(=O)[C@H](COCc3cn(Cc4ccccc4)nn3)N1C1=C2C(=O)c2cccc(O[C@H]3C[C@@H](O)[C@@H](O)[C@H](C)O3)c2C1=O. The molecule has 4 aromatic rings. The molecular weight excluding hydrogens is 660 g/mol. The third-order valence-electron chi connectivity index (χ3n) is 9.56. The Balaban J connectivity index is 1.12. The van der Waals surface area contributed by atoms with Crippen LogP contribution in [0.2, 0.25) is 0 Å². The number of esters is 1. The number of aliphatic hydroxyl groups is 2. The first-order valence-corrected chi connectivity index (χ1v) is 16.6. The van der Waals surface area contributed by atoms with E-state index in [4.69, 9.17) is 18.9 Å². The van der Waals surface area contributed by atoms with Gasteiger partial charge in [0.1, 0.15) is 29.0 Å². The molecule has 0 amide bonds. The van der Waals surface area contributed by atoms with E-state index < -0.39 is 54.4 Å². The van der Waals surface area contributed by atoms with Gasteiger partial charge in [0.25, 0.3) is 0 Å². The zero-order chi connectivity index (χ0) is 35.6. The molecule has 6 atom stereocenters. The second kappa shape index (κ2) is 12.7. The monoisotopic (exact) mass is 694 g/mol. The number of carbonyl (C=O) groups excluding carboxylic acids is 3. The van der Waals surface area contributed by atoms with E-state index in [1.165, 1.54) is 23.1 Å². The first-order valence-electron chi connectivity index (χ1n) is 16.6. The zero-order valence-corrected chi connectivity index (χ0v) is 27.6. The smallest absolute Gasteiger partial charge is 0.333 e. The summed E-state index contributed by atoms with van der Waals surface area (Å²) in [5.41, 5.74) is 2.45. The van der Waals surface area contributed by atoms with Crippen molar-refractivity contribution in [3.63, 3.8) is 0 Å². The zero-order valence-electron chi connectivity index (χ0n) is 27.6. The van der Waals surface area contributed by atoms with Gasteiger partial charge in [0, 0.05) is 23.1 Å². The van der Waals surface area contributed by atoms with Crippen molar-refractivity contribution in [1.29, 1.82) is 0 Å². The van der Waals surface area contributed by atoms with Gasteiger partial charge in [-0.15, -0.1) is 5.10 Å². The molecule has 14 heteroatoms. The van der Waals surface area contributed by atoms with E-state index in [0.29, 0.717) is 23.4 Å². The Morgan fingerprint density at radius 2 is 1.80 bits per heavy atom. The van der Waals surface area contributed by atoms with Crippen LogP contribution in [0, 0.1) is 6.92 Å². The van der Waals surface area contributed by atoms with Crippen LogP contribution in [0.25, 0.3) is 5.57 Å². The molecule has 8 rings (SSSR count). The van der Waals surface area contributed by atoms with Gasteiger partial charge in [0.15, 0.2) is 11.8 Å². The lowest BCUT2D eigenvalue weighted by atomic mass is 9.78. The number of phenols is 1. The van der Waals surface area contributed by atoms with Crippen LogP contribution in [0.1, 0.15) is 68.2 Å². The van der Waals surface area contributed by atoms with Gasteiger partial charge in [-0.1, -0.05) is 47.7 Å². The van der Waals surface area contributed by atoms with Crippen molar-refractivity contribution < 1.29 is 48.7 Å². The number of aromatic hydroxyl groups is 1. The van der Waals surface area contributed by atoms with Crippen LogP contribution >= 0.6 is 0 Å². The molecule has 51 heavy (non-hydrogen) atoms. The summed E-state index contributed by atoms with van der Waals surface area (Å²) in [6.07, 6.45) is -3.51. The summed E-state index contributed by atoms with van der Waals surface area (Å²) >= 11 is 0. The number of fused-ring (bicyclic) bond motifs is 6. The molecule has 4 aliphatic rings. The lowest BCUT2D eigenvalue weighted by Crippen LogP contribution is -2.48.